The normalized spacial score (nSPS) is 19.4. The van der Waals surface area contributed by atoms with Gasteiger partial charge in [-0.15, -0.1) is 0 Å². The highest BCUT2D eigenvalue weighted by Gasteiger charge is 2.31. The summed E-state index contributed by atoms with van der Waals surface area (Å²) >= 11 is 0. The van der Waals surface area contributed by atoms with E-state index in [0.29, 0.717) is 24.3 Å². The third-order valence-electron chi connectivity index (χ3n) is 6.17. The van der Waals surface area contributed by atoms with Crippen LogP contribution in [0.25, 0.3) is 0 Å². The summed E-state index contributed by atoms with van der Waals surface area (Å²) in [5, 5.41) is 3.03. The Morgan fingerprint density at radius 2 is 1.66 bits per heavy atom. The molecule has 1 aromatic carbocycles. The maximum absolute atomic E-state index is 12.6. The first-order valence-electron chi connectivity index (χ1n) is 10.9. The molecule has 29 heavy (non-hydrogen) atoms. The molecule has 2 fully saturated rings. The molecule has 0 aliphatic carbocycles. The van der Waals surface area contributed by atoms with Crippen molar-refractivity contribution in [3.8, 4) is 5.75 Å². The van der Waals surface area contributed by atoms with Gasteiger partial charge >= 0.3 is 0 Å². The van der Waals surface area contributed by atoms with E-state index in [1.807, 2.05) is 29.2 Å². The summed E-state index contributed by atoms with van der Waals surface area (Å²) < 4.78 is 5.16. The van der Waals surface area contributed by atoms with E-state index in [4.69, 9.17) is 4.74 Å². The molecule has 0 radical (unpaired) electrons. The number of amides is 2. The smallest absolute Gasteiger partial charge is 0.227 e. The van der Waals surface area contributed by atoms with Crippen LogP contribution in [0.5, 0.6) is 5.75 Å². The minimum absolute atomic E-state index is 0.0704. The molecule has 6 nitrogen and oxygen atoms in total. The van der Waals surface area contributed by atoms with Crippen LogP contribution in [-0.2, 0) is 9.59 Å². The number of carbonyl (C=O) groups is 2. The van der Waals surface area contributed by atoms with Crippen LogP contribution in [-0.4, -0.2) is 60.9 Å². The molecule has 0 bridgehead atoms. The average Bonchev–Trinajstić information content (AvgIpc) is 2.74. The van der Waals surface area contributed by atoms with Crippen LogP contribution < -0.4 is 10.1 Å². The molecule has 2 heterocycles. The SMILES string of the molecule is COc1ccc(NC(=O)C2CCN(C3CCN(C(=O)CC(C)C)CC3)CC2)cc1. The molecule has 2 amide bonds. The Balaban J connectivity index is 1.41. The van der Waals surface area contributed by atoms with Gasteiger partial charge in [-0.2, -0.15) is 0 Å². The number of rotatable bonds is 6. The molecule has 0 unspecified atom stereocenters. The van der Waals surface area contributed by atoms with Crippen LogP contribution in [0, 0.1) is 11.8 Å². The lowest BCUT2D eigenvalue weighted by Gasteiger charge is -2.41. The van der Waals surface area contributed by atoms with E-state index < -0.39 is 0 Å². The van der Waals surface area contributed by atoms with Gasteiger partial charge in [-0.25, -0.2) is 0 Å². The third-order valence-corrected chi connectivity index (χ3v) is 6.17. The van der Waals surface area contributed by atoms with Gasteiger partial charge in [0, 0.05) is 37.2 Å². The molecule has 0 atom stereocenters. The van der Waals surface area contributed by atoms with E-state index in [2.05, 4.69) is 24.1 Å². The predicted octanol–water partition coefficient (Wildman–Crippen LogP) is 3.38. The Kier molecular flexibility index (Phi) is 7.53. The highest BCUT2D eigenvalue weighted by Crippen LogP contribution is 2.26. The zero-order chi connectivity index (χ0) is 20.8. The van der Waals surface area contributed by atoms with Crippen LogP contribution in [0.3, 0.4) is 0 Å². The Morgan fingerprint density at radius 3 is 2.21 bits per heavy atom. The number of carbonyl (C=O) groups excluding carboxylic acids is 2. The van der Waals surface area contributed by atoms with Crippen LogP contribution >= 0.6 is 0 Å². The first-order valence-corrected chi connectivity index (χ1v) is 10.9. The monoisotopic (exact) mass is 401 g/mol. The molecule has 3 rings (SSSR count). The zero-order valence-corrected chi connectivity index (χ0v) is 18.0. The van der Waals surface area contributed by atoms with E-state index in [-0.39, 0.29) is 11.8 Å². The number of nitrogens with one attached hydrogen (secondary N) is 1. The van der Waals surface area contributed by atoms with E-state index in [1.54, 1.807) is 7.11 Å². The number of benzene rings is 1. The van der Waals surface area contributed by atoms with Crippen molar-refractivity contribution >= 4 is 17.5 Å². The summed E-state index contributed by atoms with van der Waals surface area (Å²) in [7, 11) is 1.63. The number of ether oxygens (including phenoxy) is 1. The second kappa shape index (κ2) is 10.1. The van der Waals surface area contributed by atoms with Gasteiger partial charge in [0.15, 0.2) is 0 Å². The Labute approximate surface area is 174 Å². The summed E-state index contributed by atoms with van der Waals surface area (Å²) in [5.74, 6) is 1.69. The molecule has 1 N–H and O–H groups in total. The fraction of sp³-hybridized carbons (Fsp3) is 0.652. The molecule has 0 spiro atoms. The maximum Gasteiger partial charge on any atom is 0.227 e. The molecular formula is C23H35N3O3. The fourth-order valence-electron chi connectivity index (χ4n) is 4.40. The number of likely N-dealkylation sites (tertiary alicyclic amines) is 2. The second-order valence-electron chi connectivity index (χ2n) is 8.74. The van der Waals surface area contributed by atoms with Crippen molar-refractivity contribution < 1.29 is 14.3 Å². The molecule has 0 aromatic heterocycles. The van der Waals surface area contributed by atoms with Crippen LogP contribution in [0.1, 0.15) is 46.0 Å². The number of anilines is 1. The summed E-state index contributed by atoms with van der Waals surface area (Å²) in [6, 6.07) is 8.01. The quantitative estimate of drug-likeness (QED) is 0.794. The van der Waals surface area contributed by atoms with Crippen molar-refractivity contribution in [3.63, 3.8) is 0 Å². The van der Waals surface area contributed by atoms with Crippen LogP contribution in [0.15, 0.2) is 24.3 Å². The lowest BCUT2D eigenvalue weighted by Crippen LogP contribution is -2.49. The van der Waals surface area contributed by atoms with Crippen molar-refractivity contribution in [2.24, 2.45) is 11.8 Å². The van der Waals surface area contributed by atoms with Gasteiger partial charge in [0.1, 0.15) is 5.75 Å². The van der Waals surface area contributed by atoms with E-state index >= 15 is 0 Å². The van der Waals surface area contributed by atoms with E-state index in [0.717, 1.165) is 63.3 Å². The van der Waals surface area contributed by atoms with Crippen molar-refractivity contribution in [2.75, 3.05) is 38.6 Å². The maximum atomic E-state index is 12.6. The zero-order valence-electron chi connectivity index (χ0n) is 18.0. The van der Waals surface area contributed by atoms with E-state index in [9.17, 15) is 9.59 Å². The lowest BCUT2D eigenvalue weighted by molar-refractivity contribution is -0.133. The van der Waals surface area contributed by atoms with Crippen molar-refractivity contribution in [1.29, 1.82) is 0 Å². The number of hydrogen-bond donors (Lipinski definition) is 1. The Hall–Kier alpha value is -2.08. The average molecular weight is 402 g/mol. The molecule has 160 valence electrons. The fourth-order valence-corrected chi connectivity index (χ4v) is 4.40. The molecule has 2 saturated heterocycles. The van der Waals surface area contributed by atoms with Gasteiger partial charge in [-0.05, 0) is 69.0 Å². The molecule has 2 aliphatic rings. The van der Waals surface area contributed by atoms with Crippen molar-refractivity contribution in [3.05, 3.63) is 24.3 Å². The largest absolute Gasteiger partial charge is 0.497 e. The van der Waals surface area contributed by atoms with Gasteiger partial charge < -0.3 is 19.9 Å². The lowest BCUT2D eigenvalue weighted by atomic mass is 9.92. The molecule has 1 aromatic rings. The minimum Gasteiger partial charge on any atom is -0.497 e. The third kappa shape index (κ3) is 5.95. The number of piperidine rings is 2. The van der Waals surface area contributed by atoms with Gasteiger partial charge in [0.25, 0.3) is 0 Å². The molecular weight excluding hydrogens is 366 g/mol. The molecule has 6 heteroatoms. The summed E-state index contributed by atoms with van der Waals surface area (Å²) in [6.45, 7) is 7.86. The molecule has 0 saturated carbocycles. The van der Waals surface area contributed by atoms with Crippen LogP contribution in [0.4, 0.5) is 5.69 Å². The topological polar surface area (TPSA) is 61.9 Å². The van der Waals surface area contributed by atoms with Gasteiger partial charge in [0.2, 0.25) is 11.8 Å². The minimum atomic E-state index is 0.0704. The number of hydrogen-bond acceptors (Lipinski definition) is 4. The first-order chi connectivity index (χ1) is 14.0. The number of methoxy groups -OCH3 is 1. The summed E-state index contributed by atoms with van der Waals surface area (Å²) in [6.07, 6.45) is 4.54. The van der Waals surface area contributed by atoms with Crippen molar-refractivity contribution in [1.82, 2.24) is 9.80 Å². The van der Waals surface area contributed by atoms with E-state index in [1.165, 1.54) is 0 Å². The summed E-state index contributed by atoms with van der Waals surface area (Å²) in [4.78, 5) is 29.4. The summed E-state index contributed by atoms with van der Waals surface area (Å²) in [5.41, 5.74) is 0.816. The van der Waals surface area contributed by atoms with Gasteiger partial charge in [-0.1, -0.05) is 13.8 Å². The molecule has 2 aliphatic heterocycles. The highest BCUT2D eigenvalue weighted by molar-refractivity contribution is 5.92. The Morgan fingerprint density at radius 1 is 1.03 bits per heavy atom. The van der Waals surface area contributed by atoms with Crippen LogP contribution in [0.2, 0.25) is 0 Å². The van der Waals surface area contributed by atoms with Crippen molar-refractivity contribution in [2.45, 2.75) is 52.0 Å². The Bertz CT molecular complexity index is 673. The first kappa shape index (κ1) is 21.6. The van der Waals surface area contributed by atoms with Gasteiger partial charge in [-0.3, -0.25) is 9.59 Å². The number of nitrogens with zero attached hydrogens (tertiary/aromatic N) is 2. The van der Waals surface area contributed by atoms with Gasteiger partial charge in [0.05, 0.1) is 7.11 Å². The standard InChI is InChI=1S/C23H35N3O3/c1-17(2)16-22(27)26-14-10-20(11-15-26)25-12-8-18(9-13-25)23(28)24-19-4-6-21(29-3)7-5-19/h4-7,17-18,20H,8-16H2,1-3H3,(H,24,28). The predicted molar refractivity (Wildman–Crippen MR) is 115 cm³/mol. The second-order valence-corrected chi connectivity index (χ2v) is 8.74. The highest BCUT2D eigenvalue weighted by atomic mass is 16.5.